The lowest BCUT2D eigenvalue weighted by Crippen LogP contribution is -2.31. The van der Waals surface area contributed by atoms with Gasteiger partial charge < -0.3 is 19.5 Å². The van der Waals surface area contributed by atoms with E-state index < -0.39 is 0 Å². The van der Waals surface area contributed by atoms with E-state index in [0.717, 1.165) is 29.1 Å². The lowest BCUT2D eigenvalue weighted by molar-refractivity contribution is 0.256. The van der Waals surface area contributed by atoms with Crippen LogP contribution < -0.4 is 9.47 Å². The van der Waals surface area contributed by atoms with Crippen molar-refractivity contribution in [2.75, 3.05) is 26.2 Å². The number of aliphatic hydroxyl groups excluding tert-OH is 1. The van der Waals surface area contributed by atoms with Crippen LogP contribution in [0.4, 0.5) is 0 Å². The molecule has 4 aromatic carbocycles. The Morgan fingerprint density at radius 3 is 2.56 bits per heavy atom. The molecule has 6 heteroatoms. The summed E-state index contributed by atoms with van der Waals surface area (Å²) < 4.78 is 12.6. The van der Waals surface area contributed by atoms with Crippen molar-refractivity contribution in [3.63, 3.8) is 0 Å². The van der Waals surface area contributed by atoms with Crippen molar-refractivity contribution in [1.29, 1.82) is 5.26 Å². The summed E-state index contributed by atoms with van der Waals surface area (Å²) in [5.41, 5.74) is 7.03. The topological polar surface area (TPSA) is 78.1 Å². The van der Waals surface area contributed by atoms with Gasteiger partial charge in [-0.2, -0.15) is 5.26 Å². The first kappa shape index (κ1) is 26.0. The van der Waals surface area contributed by atoms with E-state index in [1.54, 1.807) is 6.07 Å². The van der Waals surface area contributed by atoms with E-state index in [9.17, 15) is 10.4 Å². The summed E-state index contributed by atoms with van der Waals surface area (Å²) >= 11 is 0. The van der Waals surface area contributed by atoms with E-state index in [2.05, 4.69) is 53.2 Å². The third-order valence-corrected chi connectivity index (χ3v) is 6.87. The summed E-state index contributed by atoms with van der Waals surface area (Å²) in [7, 11) is 0. The number of aliphatic imine (C=N–C) groups is 1. The molecule has 0 fully saturated rings. The molecule has 39 heavy (non-hydrogen) atoms. The number of rotatable bonds is 10. The summed E-state index contributed by atoms with van der Waals surface area (Å²) in [6, 6.07) is 32.0. The van der Waals surface area contributed by atoms with Gasteiger partial charge in [-0.3, -0.25) is 4.99 Å². The maximum atomic E-state index is 9.52. The highest BCUT2D eigenvalue weighted by atomic mass is 16.5. The zero-order chi connectivity index (χ0) is 27.0. The Balaban J connectivity index is 1.39. The molecule has 1 heterocycles. The lowest BCUT2D eigenvalue weighted by Gasteiger charge is -2.22. The Morgan fingerprint density at radius 1 is 0.897 bits per heavy atom. The fraction of sp³-hybridized carbons (Fsp3) is 0.212. The highest BCUT2D eigenvalue weighted by molar-refractivity contribution is 6.02. The number of amidine groups is 1. The smallest absolute Gasteiger partial charge is 0.134 e. The number of ether oxygens (including phenoxy) is 2. The van der Waals surface area contributed by atoms with Gasteiger partial charge in [0, 0.05) is 19.2 Å². The minimum atomic E-state index is 0.0543. The standard InChI is InChI=1S/C33H31N3O3/c1-24-28(11-6-12-30(24)27-9-3-2-4-10-27)23-38-29-13-14-31(33-35-15-16-36(33)17-18-37)32(20-29)39-22-26-8-5-7-25(19-26)21-34/h2-14,19-20,37H,15-18,22-23H2,1H3. The molecule has 0 radical (unpaired) electrons. The number of aliphatic hydroxyl groups is 1. The lowest BCUT2D eigenvalue weighted by atomic mass is 9.97. The van der Waals surface area contributed by atoms with Crippen molar-refractivity contribution in [3.05, 3.63) is 119 Å². The van der Waals surface area contributed by atoms with Gasteiger partial charge >= 0.3 is 0 Å². The summed E-state index contributed by atoms with van der Waals surface area (Å²) in [5.74, 6) is 2.15. The van der Waals surface area contributed by atoms with Gasteiger partial charge in [0.05, 0.1) is 30.3 Å². The Labute approximate surface area is 229 Å². The number of benzene rings is 4. The largest absolute Gasteiger partial charge is 0.489 e. The second-order valence-corrected chi connectivity index (χ2v) is 9.42. The van der Waals surface area contributed by atoms with Crippen LogP contribution in [0.25, 0.3) is 11.1 Å². The molecule has 0 spiro atoms. The zero-order valence-corrected chi connectivity index (χ0v) is 22.0. The number of hydrogen-bond donors (Lipinski definition) is 1. The van der Waals surface area contributed by atoms with Crippen molar-refractivity contribution in [2.24, 2.45) is 4.99 Å². The van der Waals surface area contributed by atoms with Crippen molar-refractivity contribution < 1.29 is 14.6 Å². The van der Waals surface area contributed by atoms with Gasteiger partial charge in [-0.25, -0.2) is 0 Å². The van der Waals surface area contributed by atoms with E-state index in [1.807, 2.05) is 54.6 Å². The normalized spacial score (nSPS) is 12.6. The molecule has 0 saturated carbocycles. The van der Waals surface area contributed by atoms with E-state index >= 15 is 0 Å². The van der Waals surface area contributed by atoms with Crippen LogP contribution in [0.15, 0.2) is 96.0 Å². The quantitative estimate of drug-likeness (QED) is 0.290. The Kier molecular flexibility index (Phi) is 8.20. The van der Waals surface area contributed by atoms with Crippen molar-refractivity contribution in [1.82, 2.24) is 4.90 Å². The van der Waals surface area contributed by atoms with Crippen LogP contribution in [-0.2, 0) is 13.2 Å². The van der Waals surface area contributed by atoms with Gasteiger partial charge in [0.2, 0.25) is 0 Å². The molecule has 0 amide bonds. The van der Waals surface area contributed by atoms with Crippen molar-refractivity contribution >= 4 is 5.84 Å². The van der Waals surface area contributed by atoms with E-state index in [4.69, 9.17) is 9.47 Å². The average molecular weight is 518 g/mol. The zero-order valence-electron chi connectivity index (χ0n) is 22.0. The van der Waals surface area contributed by atoms with E-state index in [-0.39, 0.29) is 6.61 Å². The fourth-order valence-electron chi connectivity index (χ4n) is 4.80. The first-order chi connectivity index (χ1) is 19.2. The van der Waals surface area contributed by atoms with Gasteiger partial charge in [-0.15, -0.1) is 0 Å². The van der Waals surface area contributed by atoms with Crippen LogP contribution in [0.1, 0.15) is 27.8 Å². The summed E-state index contributed by atoms with van der Waals surface area (Å²) in [6.45, 7) is 4.85. The maximum absolute atomic E-state index is 9.52. The number of nitriles is 1. The number of hydrogen-bond acceptors (Lipinski definition) is 6. The predicted molar refractivity (Wildman–Crippen MR) is 153 cm³/mol. The summed E-state index contributed by atoms with van der Waals surface area (Å²) in [4.78, 5) is 6.76. The highest BCUT2D eigenvalue weighted by Gasteiger charge is 2.22. The third kappa shape index (κ3) is 6.11. The molecule has 0 saturated heterocycles. The van der Waals surface area contributed by atoms with Gasteiger partial charge in [-0.1, -0.05) is 60.7 Å². The molecule has 1 N–H and O–H groups in total. The first-order valence-corrected chi connectivity index (χ1v) is 13.1. The van der Waals surface area contributed by atoms with Gasteiger partial charge in [0.25, 0.3) is 0 Å². The second kappa shape index (κ2) is 12.3. The maximum Gasteiger partial charge on any atom is 0.134 e. The average Bonchev–Trinajstić information content (AvgIpc) is 3.44. The van der Waals surface area contributed by atoms with Crippen LogP contribution in [0, 0.1) is 18.3 Å². The Bertz CT molecular complexity index is 1510. The van der Waals surface area contributed by atoms with Crippen molar-refractivity contribution in [3.8, 4) is 28.7 Å². The Hall–Kier alpha value is -4.60. The molecular formula is C33H31N3O3. The van der Waals surface area contributed by atoms with E-state index in [1.165, 1.54) is 16.7 Å². The monoisotopic (exact) mass is 517 g/mol. The molecule has 0 aromatic heterocycles. The van der Waals surface area contributed by atoms with Crippen molar-refractivity contribution in [2.45, 2.75) is 20.1 Å². The fourth-order valence-corrected chi connectivity index (χ4v) is 4.80. The molecule has 196 valence electrons. The van der Waals surface area contributed by atoms with Crippen LogP contribution >= 0.6 is 0 Å². The number of β-amino-alcohol motifs (C(OH)–C–C–N with tert-alkyl or cyclic N) is 1. The second-order valence-electron chi connectivity index (χ2n) is 9.42. The molecule has 5 rings (SSSR count). The van der Waals surface area contributed by atoms with Gasteiger partial charge in [0.1, 0.15) is 30.5 Å². The van der Waals surface area contributed by atoms with Crippen LogP contribution in [-0.4, -0.2) is 42.1 Å². The molecule has 0 unspecified atom stereocenters. The summed E-state index contributed by atoms with van der Waals surface area (Å²) in [5, 5.41) is 18.8. The predicted octanol–water partition coefficient (Wildman–Crippen LogP) is 5.75. The third-order valence-electron chi connectivity index (χ3n) is 6.87. The number of nitrogens with zero attached hydrogens (tertiary/aromatic N) is 3. The van der Waals surface area contributed by atoms with Crippen LogP contribution in [0.5, 0.6) is 11.5 Å². The first-order valence-electron chi connectivity index (χ1n) is 13.1. The van der Waals surface area contributed by atoms with E-state index in [0.29, 0.717) is 43.4 Å². The summed E-state index contributed by atoms with van der Waals surface area (Å²) in [6.07, 6.45) is 0. The molecule has 6 nitrogen and oxygen atoms in total. The van der Waals surface area contributed by atoms with Gasteiger partial charge in [0.15, 0.2) is 0 Å². The van der Waals surface area contributed by atoms with Crippen LogP contribution in [0.2, 0.25) is 0 Å². The molecular weight excluding hydrogens is 486 g/mol. The molecule has 4 aromatic rings. The molecule has 0 aliphatic carbocycles. The Morgan fingerprint density at radius 2 is 1.74 bits per heavy atom. The highest BCUT2D eigenvalue weighted by Crippen LogP contribution is 2.31. The van der Waals surface area contributed by atoms with Gasteiger partial charge in [-0.05, 0) is 59.0 Å². The van der Waals surface area contributed by atoms with Crippen LogP contribution in [0.3, 0.4) is 0 Å². The molecule has 1 aliphatic rings. The minimum Gasteiger partial charge on any atom is -0.489 e. The molecule has 0 atom stereocenters. The minimum absolute atomic E-state index is 0.0543. The molecule has 1 aliphatic heterocycles. The SMILES string of the molecule is Cc1c(COc2ccc(C3=NCCN3CCO)c(OCc3cccc(C#N)c3)c2)cccc1-c1ccccc1. The molecule has 0 bridgehead atoms.